The molecule has 1 aromatic carbocycles. The average Bonchev–Trinajstić information content (AvgIpc) is 2.37. The Hall–Kier alpha value is -1.55. The van der Waals surface area contributed by atoms with E-state index in [1.807, 2.05) is 37.3 Å². The quantitative estimate of drug-likeness (QED) is 0.670. The lowest BCUT2D eigenvalue weighted by Gasteiger charge is -2.06. The van der Waals surface area contributed by atoms with E-state index < -0.39 is 0 Å². The van der Waals surface area contributed by atoms with E-state index in [1.54, 1.807) is 13.2 Å². The highest BCUT2D eigenvalue weighted by Gasteiger charge is 2.02. The smallest absolute Gasteiger partial charge is 0.244 e. The summed E-state index contributed by atoms with van der Waals surface area (Å²) in [6, 6.07) is 5.70. The molecule has 0 radical (unpaired) electrons. The number of carbonyl (C=O) groups excluding carboxylic acids is 1. The Morgan fingerprint density at radius 1 is 1.44 bits per heavy atom. The Bertz CT molecular complexity index is 467. The van der Waals surface area contributed by atoms with Gasteiger partial charge in [-0.25, -0.2) is 0 Å². The van der Waals surface area contributed by atoms with E-state index >= 15 is 0 Å². The molecule has 0 spiro atoms. The first kappa shape index (κ1) is 14.5. The van der Waals surface area contributed by atoms with Gasteiger partial charge in [0, 0.05) is 12.6 Å². The molecule has 3 nitrogen and oxygen atoms in total. The molecule has 0 aliphatic carbocycles. The van der Waals surface area contributed by atoms with Crippen molar-refractivity contribution in [2.75, 3.05) is 7.11 Å². The summed E-state index contributed by atoms with van der Waals surface area (Å²) in [7, 11) is 1.62. The minimum atomic E-state index is -0.111. The fraction of sp³-hybridized carbons (Fsp3) is 0.214. The summed E-state index contributed by atoms with van der Waals surface area (Å²) in [5.74, 6) is 0.665. The number of amides is 1. The summed E-state index contributed by atoms with van der Waals surface area (Å²) in [6.45, 7) is 2.39. The SMILES string of the molecule is CC=CC=CC(=O)NCc1ccc(OC)c(Br)c1. The topological polar surface area (TPSA) is 38.3 Å². The predicted octanol–water partition coefficient (Wildman–Crippen LogP) is 3.21. The molecule has 0 saturated carbocycles. The highest BCUT2D eigenvalue weighted by molar-refractivity contribution is 9.10. The number of allylic oxidation sites excluding steroid dienone is 3. The molecule has 0 aliphatic heterocycles. The molecule has 4 heteroatoms. The number of carbonyl (C=O) groups is 1. The van der Waals surface area contributed by atoms with Gasteiger partial charge in [-0.15, -0.1) is 0 Å². The third kappa shape index (κ3) is 4.75. The highest BCUT2D eigenvalue weighted by atomic mass is 79.9. The number of nitrogens with one attached hydrogen (secondary N) is 1. The molecule has 0 fully saturated rings. The second-order valence-corrected chi connectivity index (χ2v) is 4.43. The van der Waals surface area contributed by atoms with Crippen LogP contribution in [-0.4, -0.2) is 13.0 Å². The van der Waals surface area contributed by atoms with Gasteiger partial charge in [0.1, 0.15) is 5.75 Å². The molecule has 1 N–H and O–H groups in total. The van der Waals surface area contributed by atoms with E-state index in [1.165, 1.54) is 6.08 Å². The average molecular weight is 310 g/mol. The van der Waals surface area contributed by atoms with Crippen molar-refractivity contribution in [1.82, 2.24) is 5.32 Å². The van der Waals surface area contributed by atoms with Crippen molar-refractivity contribution in [3.63, 3.8) is 0 Å². The number of rotatable bonds is 5. The molecule has 1 aromatic rings. The first-order chi connectivity index (χ1) is 8.67. The van der Waals surface area contributed by atoms with Gasteiger partial charge >= 0.3 is 0 Å². The van der Waals surface area contributed by atoms with E-state index in [4.69, 9.17) is 4.74 Å². The number of ether oxygens (including phenoxy) is 1. The van der Waals surface area contributed by atoms with Gasteiger partial charge in [-0.3, -0.25) is 4.79 Å². The third-order valence-corrected chi connectivity index (χ3v) is 2.85. The second kappa shape index (κ2) is 7.71. The van der Waals surface area contributed by atoms with Crippen LogP contribution < -0.4 is 10.1 Å². The number of benzene rings is 1. The first-order valence-corrected chi connectivity index (χ1v) is 6.36. The van der Waals surface area contributed by atoms with Crippen molar-refractivity contribution >= 4 is 21.8 Å². The molecule has 0 aromatic heterocycles. The summed E-state index contributed by atoms with van der Waals surface area (Å²) >= 11 is 3.40. The standard InChI is InChI=1S/C14H16BrNO2/c1-3-4-5-6-14(17)16-10-11-7-8-13(18-2)12(15)9-11/h3-9H,10H2,1-2H3,(H,16,17). The van der Waals surface area contributed by atoms with E-state index in [2.05, 4.69) is 21.2 Å². The predicted molar refractivity (Wildman–Crippen MR) is 76.5 cm³/mol. The molecule has 0 atom stereocenters. The molecule has 18 heavy (non-hydrogen) atoms. The van der Waals surface area contributed by atoms with Gasteiger partial charge in [-0.1, -0.05) is 24.3 Å². The van der Waals surface area contributed by atoms with Crippen LogP contribution >= 0.6 is 15.9 Å². The maximum Gasteiger partial charge on any atom is 0.244 e. The number of halogens is 1. The van der Waals surface area contributed by atoms with Gasteiger partial charge in [0.05, 0.1) is 11.6 Å². The van der Waals surface area contributed by atoms with Gasteiger partial charge in [-0.05, 0) is 40.5 Å². The zero-order chi connectivity index (χ0) is 13.4. The van der Waals surface area contributed by atoms with Crippen LogP contribution in [0.3, 0.4) is 0 Å². The van der Waals surface area contributed by atoms with Crippen molar-refractivity contribution in [1.29, 1.82) is 0 Å². The molecule has 0 heterocycles. The van der Waals surface area contributed by atoms with E-state index in [0.717, 1.165) is 15.8 Å². The lowest BCUT2D eigenvalue weighted by Crippen LogP contribution is -2.20. The lowest BCUT2D eigenvalue weighted by atomic mass is 10.2. The molecule has 0 bridgehead atoms. The highest BCUT2D eigenvalue weighted by Crippen LogP contribution is 2.25. The Labute approximate surface area is 116 Å². The van der Waals surface area contributed by atoms with E-state index in [9.17, 15) is 4.79 Å². The molecule has 1 rings (SSSR count). The van der Waals surface area contributed by atoms with Gasteiger partial charge in [0.2, 0.25) is 5.91 Å². The zero-order valence-electron chi connectivity index (χ0n) is 10.4. The molecule has 96 valence electrons. The van der Waals surface area contributed by atoms with Crippen LogP contribution in [0.2, 0.25) is 0 Å². The van der Waals surface area contributed by atoms with Gasteiger partial charge in [0.15, 0.2) is 0 Å². The molecule has 1 amide bonds. The van der Waals surface area contributed by atoms with Crippen LogP contribution in [0.15, 0.2) is 47.0 Å². The summed E-state index contributed by atoms with van der Waals surface area (Å²) < 4.78 is 6.01. The first-order valence-electron chi connectivity index (χ1n) is 5.57. The lowest BCUT2D eigenvalue weighted by molar-refractivity contribution is -0.116. The van der Waals surface area contributed by atoms with Crippen molar-refractivity contribution in [3.05, 3.63) is 52.5 Å². The third-order valence-electron chi connectivity index (χ3n) is 2.23. The summed E-state index contributed by atoms with van der Waals surface area (Å²) in [5.41, 5.74) is 1.01. The minimum absolute atomic E-state index is 0.111. The van der Waals surface area contributed by atoms with Crippen LogP contribution in [0.25, 0.3) is 0 Å². The minimum Gasteiger partial charge on any atom is -0.496 e. The fourth-order valence-electron chi connectivity index (χ4n) is 1.32. The van der Waals surface area contributed by atoms with E-state index in [-0.39, 0.29) is 5.91 Å². The maximum atomic E-state index is 11.4. The number of hydrogen-bond donors (Lipinski definition) is 1. The van der Waals surface area contributed by atoms with Crippen molar-refractivity contribution in [2.45, 2.75) is 13.5 Å². The number of hydrogen-bond acceptors (Lipinski definition) is 2. The normalized spacial score (nSPS) is 11.1. The fourth-order valence-corrected chi connectivity index (χ4v) is 1.91. The second-order valence-electron chi connectivity index (χ2n) is 3.57. The van der Waals surface area contributed by atoms with Crippen LogP contribution in [0.5, 0.6) is 5.75 Å². The monoisotopic (exact) mass is 309 g/mol. The van der Waals surface area contributed by atoms with Crippen molar-refractivity contribution in [3.8, 4) is 5.75 Å². The Morgan fingerprint density at radius 2 is 2.22 bits per heavy atom. The molecule has 0 aliphatic rings. The Balaban J connectivity index is 2.53. The summed E-state index contributed by atoms with van der Waals surface area (Å²) in [6.07, 6.45) is 6.88. The van der Waals surface area contributed by atoms with Gasteiger partial charge in [0.25, 0.3) is 0 Å². The van der Waals surface area contributed by atoms with Crippen LogP contribution in [0, 0.1) is 0 Å². The van der Waals surface area contributed by atoms with Crippen LogP contribution in [0.4, 0.5) is 0 Å². The van der Waals surface area contributed by atoms with Crippen molar-refractivity contribution < 1.29 is 9.53 Å². The summed E-state index contributed by atoms with van der Waals surface area (Å²) in [4.78, 5) is 11.4. The van der Waals surface area contributed by atoms with Crippen LogP contribution in [0.1, 0.15) is 12.5 Å². The van der Waals surface area contributed by atoms with Crippen molar-refractivity contribution in [2.24, 2.45) is 0 Å². The summed E-state index contributed by atoms with van der Waals surface area (Å²) in [5, 5.41) is 2.80. The zero-order valence-corrected chi connectivity index (χ0v) is 12.0. The van der Waals surface area contributed by atoms with Crippen LogP contribution in [-0.2, 0) is 11.3 Å². The van der Waals surface area contributed by atoms with Gasteiger partial charge < -0.3 is 10.1 Å². The molecule has 0 saturated heterocycles. The van der Waals surface area contributed by atoms with Gasteiger partial charge in [-0.2, -0.15) is 0 Å². The Morgan fingerprint density at radius 3 is 2.83 bits per heavy atom. The Kier molecular flexibility index (Phi) is 6.22. The largest absolute Gasteiger partial charge is 0.496 e. The number of methoxy groups -OCH3 is 1. The molecule has 0 unspecified atom stereocenters. The van der Waals surface area contributed by atoms with E-state index in [0.29, 0.717) is 6.54 Å². The molecular weight excluding hydrogens is 294 g/mol. The maximum absolute atomic E-state index is 11.4. The molecular formula is C14H16BrNO2.